The maximum atomic E-state index is 12.2. The number of carbonyl (C=O) groups is 2. The van der Waals surface area contributed by atoms with Crippen molar-refractivity contribution in [2.45, 2.75) is 39.5 Å². The average molecular weight is 530 g/mol. The van der Waals surface area contributed by atoms with Gasteiger partial charge < -0.3 is 23.9 Å². The van der Waals surface area contributed by atoms with Crippen LogP contribution in [0.1, 0.15) is 38.3 Å². The summed E-state index contributed by atoms with van der Waals surface area (Å²) in [5, 5.41) is 3.44. The quantitative estimate of drug-likeness (QED) is 0.194. The molecular formula is C31H31NO7. The monoisotopic (exact) mass is 529 g/mol. The lowest BCUT2D eigenvalue weighted by Crippen LogP contribution is -2.23. The predicted molar refractivity (Wildman–Crippen MR) is 149 cm³/mol. The summed E-state index contributed by atoms with van der Waals surface area (Å²) in [5.41, 5.74) is 2.56. The fraction of sp³-hybridized carbons (Fsp3) is 0.258. The maximum absolute atomic E-state index is 12.2. The Bertz CT molecular complexity index is 1520. The molecule has 3 aromatic carbocycles. The van der Waals surface area contributed by atoms with Crippen molar-refractivity contribution < 1.29 is 28.2 Å². The van der Waals surface area contributed by atoms with Crippen LogP contribution in [-0.2, 0) is 19.7 Å². The first-order chi connectivity index (χ1) is 18.6. The van der Waals surface area contributed by atoms with E-state index in [2.05, 4.69) is 38.2 Å². The number of anilines is 1. The number of benzene rings is 3. The lowest BCUT2D eigenvalue weighted by Gasteiger charge is -2.23. The van der Waals surface area contributed by atoms with Crippen LogP contribution in [0.2, 0.25) is 0 Å². The molecule has 1 N–H and O–H groups in total. The van der Waals surface area contributed by atoms with Crippen molar-refractivity contribution in [3.8, 4) is 17.2 Å². The number of aryl methyl sites for hydroxylation is 1. The molecule has 0 spiro atoms. The largest absolute Gasteiger partial charge is 0.482 e. The minimum absolute atomic E-state index is 0.108. The molecule has 0 saturated carbocycles. The fourth-order valence-corrected chi connectivity index (χ4v) is 3.84. The number of hydrogen-bond acceptors (Lipinski definition) is 7. The number of esters is 1. The van der Waals surface area contributed by atoms with Crippen LogP contribution in [-0.4, -0.2) is 25.1 Å². The summed E-state index contributed by atoms with van der Waals surface area (Å²) in [6, 6.07) is 21.2. The van der Waals surface area contributed by atoms with Crippen molar-refractivity contribution in [2.75, 3.05) is 18.5 Å². The minimum atomic E-state index is -0.715. The third-order valence-corrected chi connectivity index (χ3v) is 6.54. The van der Waals surface area contributed by atoms with Gasteiger partial charge in [0, 0.05) is 23.2 Å². The molecule has 4 aromatic rings. The van der Waals surface area contributed by atoms with Gasteiger partial charge in [-0.2, -0.15) is 0 Å². The summed E-state index contributed by atoms with van der Waals surface area (Å²) in [4.78, 5) is 35.8. The van der Waals surface area contributed by atoms with E-state index in [1.54, 1.807) is 43.3 Å². The molecule has 0 bridgehead atoms. The first-order valence-corrected chi connectivity index (χ1v) is 12.6. The van der Waals surface area contributed by atoms with E-state index < -0.39 is 30.7 Å². The Balaban J connectivity index is 1.22. The zero-order chi connectivity index (χ0) is 28.0. The average Bonchev–Trinajstić information content (AvgIpc) is 2.92. The van der Waals surface area contributed by atoms with Gasteiger partial charge in [0.15, 0.2) is 13.2 Å². The zero-order valence-electron chi connectivity index (χ0n) is 22.4. The zero-order valence-corrected chi connectivity index (χ0v) is 22.4. The summed E-state index contributed by atoms with van der Waals surface area (Å²) in [6.07, 6.45) is 1.04. The van der Waals surface area contributed by atoms with E-state index in [4.69, 9.17) is 18.6 Å². The molecule has 0 aliphatic carbocycles. The molecule has 0 radical (unpaired) electrons. The number of nitrogens with one attached hydrogen (secondary N) is 1. The SMILES string of the molecule is CCC(C)(C)c1ccc(Oc2ccc(NC(=O)COC(=O)COc3ccc4c(C)cc(=O)oc4c3)cc2)cc1. The molecule has 0 saturated heterocycles. The normalized spacial score (nSPS) is 11.2. The highest BCUT2D eigenvalue weighted by Gasteiger charge is 2.17. The Kier molecular flexibility index (Phi) is 8.34. The minimum Gasteiger partial charge on any atom is -0.482 e. The van der Waals surface area contributed by atoms with Gasteiger partial charge in [-0.25, -0.2) is 9.59 Å². The van der Waals surface area contributed by atoms with Gasteiger partial charge in [-0.3, -0.25) is 4.79 Å². The van der Waals surface area contributed by atoms with Gasteiger partial charge in [0.25, 0.3) is 5.91 Å². The summed E-state index contributed by atoms with van der Waals surface area (Å²) < 4.78 is 21.5. The fourth-order valence-electron chi connectivity index (χ4n) is 3.84. The molecule has 202 valence electrons. The van der Waals surface area contributed by atoms with Crippen molar-refractivity contribution in [1.82, 2.24) is 0 Å². The molecule has 1 heterocycles. The highest BCUT2D eigenvalue weighted by atomic mass is 16.6. The van der Waals surface area contributed by atoms with Crippen molar-refractivity contribution in [2.24, 2.45) is 0 Å². The predicted octanol–water partition coefficient (Wildman–Crippen LogP) is 6.14. The Morgan fingerprint density at radius 3 is 2.18 bits per heavy atom. The molecule has 0 unspecified atom stereocenters. The number of ether oxygens (including phenoxy) is 3. The summed E-state index contributed by atoms with van der Waals surface area (Å²) in [6.45, 7) is 7.52. The van der Waals surface area contributed by atoms with Crippen molar-refractivity contribution in [3.05, 3.63) is 94.3 Å². The van der Waals surface area contributed by atoms with Crippen molar-refractivity contribution >= 4 is 28.5 Å². The number of hydrogen-bond donors (Lipinski definition) is 1. The molecule has 4 rings (SSSR count). The highest BCUT2D eigenvalue weighted by molar-refractivity contribution is 5.93. The molecular weight excluding hydrogens is 498 g/mol. The van der Waals surface area contributed by atoms with Crippen LogP contribution in [0.15, 0.2) is 82.0 Å². The lowest BCUT2D eigenvalue weighted by molar-refractivity contribution is -0.149. The first-order valence-electron chi connectivity index (χ1n) is 12.6. The van der Waals surface area contributed by atoms with Crippen LogP contribution in [0.4, 0.5) is 5.69 Å². The molecule has 0 atom stereocenters. The second-order valence-corrected chi connectivity index (χ2v) is 9.79. The van der Waals surface area contributed by atoms with Crippen LogP contribution in [0.3, 0.4) is 0 Å². The third kappa shape index (κ3) is 7.25. The summed E-state index contributed by atoms with van der Waals surface area (Å²) in [7, 11) is 0. The summed E-state index contributed by atoms with van der Waals surface area (Å²) >= 11 is 0. The number of amides is 1. The standard InChI is InChI=1S/C31H31NO7/c1-5-31(3,4)21-6-10-23(11-7-21)38-24-12-8-22(9-13-24)32-28(33)18-37-30(35)19-36-25-14-15-26-20(2)16-29(34)39-27(26)17-25/h6-17H,5,18-19H2,1-4H3,(H,32,33). The molecule has 1 aromatic heterocycles. The first kappa shape index (κ1) is 27.4. The van der Waals surface area contributed by atoms with Gasteiger partial charge in [0.1, 0.15) is 22.8 Å². The smallest absolute Gasteiger partial charge is 0.344 e. The molecule has 0 aliphatic heterocycles. The van der Waals surface area contributed by atoms with Gasteiger partial charge in [-0.05, 0) is 78.4 Å². The Morgan fingerprint density at radius 1 is 0.872 bits per heavy atom. The van der Waals surface area contributed by atoms with E-state index in [0.29, 0.717) is 22.8 Å². The van der Waals surface area contributed by atoms with E-state index in [9.17, 15) is 14.4 Å². The number of carbonyl (C=O) groups excluding carboxylic acids is 2. The van der Waals surface area contributed by atoms with E-state index in [1.165, 1.54) is 17.7 Å². The molecule has 39 heavy (non-hydrogen) atoms. The van der Waals surface area contributed by atoms with Crippen molar-refractivity contribution in [3.63, 3.8) is 0 Å². The number of fused-ring (bicyclic) bond motifs is 1. The van der Waals surface area contributed by atoms with E-state index in [0.717, 1.165) is 23.1 Å². The topological polar surface area (TPSA) is 104 Å². The van der Waals surface area contributed by atoms with E-state index in [1.807, 2.05) is 12.1 Å². The molecule has 1 amide bonds. The second kappa shape index (κ2) is 11.9. The molecule has 0 aliphatic rings. The Morgan fingerprint density at radius 2 is 1.51 bits per heavy atom. The van der Waals surface area contributed by atoms with Crippen LogP contribution in [0.25, 0.3) is 11.0 Å². The summed E-state index contributed by atoms with van der Waals surface area (Å²) in [5.74, 6) is 0.477. The van der Waals surface area contributed by atoms with Gasteiger partial charge in [-0.1, -0.05) is 32.9 Å². The molecule has 0 fully saturated rings. The van der Waals surface area contributed by atoms with Crippen LogP contribution < -0.4 is 20.4 Å². The van der Waals surface area contributed by atoms with Gasteiger partial charge >= 0.3 is 11.6 Å². The van der Waals surface area contributed by atoms with Gasteiger partial charge in [0.05, 0.1) is 0 Å². The van der Waals surface area contributed by atoms with E-state index >= 15 is 0 Å². The van der Waals surface area contributed by atoms with Crippen LogP contribution in [0, 0.1) is 6.92 Å². The Hall–Kier alpha value is -4.59. The van der Waals surface area contributed by atoms with Gasteiger partial charge in [-0.15, -0.1) is 0 Å². The van der Waals surface area contributed by atoms with Crippen LogP contribution in [0.5, 0.6) is 17.2 Å². The van der Waals surface area contributed by atoms with Crippen LogP contribution >= 0.6 is 0 Å². The van der Waals surface area contributed by atoms with Crippen molar-refractivity contribution in [1.29, 1.82) is 0 Å². The molecule has 8 nitrogen and oxygen atoms in total. The maximum Gasteiger partial charge on any atom is 0.344 e. The highest BCUT2D eigenvalue weighted by Crippen LogP contribution is 2.30. The second-order valence-electron chi connectivity index (χ2n) is 9.79. The lowest BCUT2D eigenvalue weighted by atomic mass is 9.82. The molecule has 8 heteroatoms. The third-order valence-electron chi connectivity index (χ3n) is 6.54. The van der Waals surface area contributed by atoms with Gasteiger partial charge in [0.2, 0.25) is 0 Å². The Labute approximate surface area is 226 Å². The number of rotatable bonds is 10. The van der Waals surface area contributed by atoms with E-state index in [-0.39, 0.29) is 5.41 Å².